The highest BCUT2D eigenvalue weighted by Crippen LogP contribution is 2.20. The van der Waals surface area contributed by atoms with Crippen molar-refractivity contribution < 1.29 is 9.53 Å². The monoisotopic (exact) mass is 291 g/mol. The van der Waals surface area contributed by atoms with Crippen molar-refractivity contribution in [3.8, 4) is 0 Å². The van der Waals surface area contributed by atoms with Crippen LogP contribution in [0.25, 0.3) is 0 Å². The predicted octanol–water partition coefficient (Wildman–Crippen LogP) is 2.10. The van der Waals surface area contributed by atoms with Crippen molar-refractivity contribution in [2.45, 2.75) is 13.8 Å². The molecule has 5 nitrogen and oxygen atoms in total. The lowest BCUT2D eigenvalue weighted by Crippen LogP contribution is -2.50. The quantitative estimate of drug-likeness (QED) is 0.924. The molecule has 1 aliphatic rings. The molecule has 0 aliphatic carbocycles. The number of rotatable bonds is 4. The molecule has 116 valence electrons. The largest absolute Gasteiger partial charge is 0.383 e. The van der Waals surface area contributed by atoms with Gasteiger partial charge in [-0.1, -0.05) is 18.2 Å². The van der Waals surface area contributed by atoms with E-state index in [4.69, 9.17) is 4.74 Å². The molecule has 1 aromatic carbocycles. The first kappa shape index (κ1) is 15.8. The van der Waals surface area contributed by atoms with Crippen molar-refractivity contribution in [2.24, 2.45) is 0 Å². The van der Waals surface area contributed by atoms with Gasteiger partial charge >= 0.3 is 6.03 Å². The van der Waals surface area contributed by atoms with Gasteiger partial charge in [0.05, 0.1) is 6.61 Å². The third-order valence-corrected chi connectivity index (χ3v) is 3.98. The van der Waals surface area contributed by atoms with Gasteiger partial charge in [0.15, 0.2) is 0 Å². The lowest BCUT2D eigenvalue weighted by atomic mass is 10.1. The maximum absolute atomic E-state index is 12.4. The predicted molar refractivity (Wildman–Crippen MR) is 84.8 cm³/mol. The van der Waals surface area contributed by atoms with Gasteiger partial charge in [0, 0.05) is 45.5 Å². The van der Waals surface area contributed by atoms with Crippen LogP contribution in [0.1, 0.15) is 11.1 Å². The maximum atomic E-state index is 12.4. The summed E-state index contributed by atoms with van der Waals surface area (Å²) >= 11 is 0. The number of benzene rings is 1. The highest BCUT2D eigenvalue weighted by Gasteiger charge is 2.21. The molecule has 0 atom stereocenters. The van der Waals surface area contributed by atoms with Gasteiger partial charge in [-0.2, -0.15) is 0 Å². The summed E-state index contributed by atoms with van der Waals surface area (Å²) in [5, 5.41) is 3.05. The van der Waals surface area contributed by atoms with E-state index in [1.807, 2.05) is 36.9 Å². The number of carbonyl (C=O) groups excluding carboxylic acids is 1. The Bertz CT molecular complexity index is 462. The fourth-order valence-corrected chi connectivity index (χ4v) is 2.59. The normalized spacial score (nSPS) is 16.0. The average Bonchev–Trinajstić information content (AvgIpc) is 2.49. The molecule has 0 spiro atoms. The SMILES string of the molecule is COCCN1CCN(C(=O)Nc2c(C)cccc2C)CC1. The molecule has 1 aliphatic heterocycles. The Hall–Kier alpha value is -1.59. The highest BCUT2D eigenvalue weighted by molar-refractivity contribution is 5.91. The van der Waals surface area contributed by atoms with Gasteiger partial charge in [-0.3, -0.25) is 4.90 Å². The van der Waals surface area contributed by atoms with Crippen LogP contribution >= 0.6 is 0 Å². The van der Waals surface area contributed by atoms with E-state index >= 15 is 0 Å². The van der Waals surface area contributed by atoms with E-state index in [1.54, 1.807) is 7.11 Å². The molecule has 1 fully saturated rings. The van der Waals surface area contributed by atoms with Crippen LogP contribution in [-0.4, -0.2) is 62.3 Å². The van der Waals surface area contributed by atoms with Crippen molar-refractivity contribution in [1.29, 1.82) is 0 Å². The van der Waals surface area contributed by atoms with Crippen LogP contribution in [0.3, 0.4) is 0 Å². The summed E-state index contributed by atoms with van der Waals surface area (Å²) in [5.74, 6) is 0. The van der Waals surface area contributed by atoms with Crippen LogP contribution in [0.4, 0.5) is 10.5 Å². The van der Waals surface area contributed by atoms with E-state index in [9.17, 15) is 4.79 Å². The minimum Gasteiger partial charge on any atom is -0.383 e. The number of nitrogens with one attached hydrogen (secondary N) is 1. The summed E-state index contributed by atoms with van der Waals surface area (Å²) < 4.78 is 5.09. The summed E-state index contributed by atoms with van der Waals surface area (Å²) in [6.07, 6.45) is 0. The number of aryl methyl sites for hydroxylation is 2. The third kappa shape index (κ3) is 4.19. The van der Waals surface area contributed by atoms with Gasteiger partial charge in [-0.05, 0) is 25.0 Å². The Morgan fingerprint density at radius 3 is 2.38 bits per heavy atom. The maximum Gasteiger partial charge on any atom is 0.321 e. The minimum atomic E-state index is -0.00112. The van der Waals surface area contributed by atoms with E-state index in [2.05, 4.69) is 10.2 Å². The first-order chi connectivity index (χ1) is 10.1. The number of urea groups is 1. The van der Waals surface area contributed by atoms with E-state index in [0.717, 1.165) is 56.1 Å². The number of nitrogens with zero attached hydrogens (tertiary/aromatic N) is 2. The topological polar surface area (TPSA) is 44.8 Å². The smallest absolute Gasteiger partial charge is 0.321 e. The Morgan fingerprint density at radius 1 is 1.19 bits per heavy atom. The molecule has 0 unspecified atom stereocenters. The van der Waals surface area contributed by atoms with Gasteiger partial charge in [-0.25, -0.2) is 4.79 Å². The summed E-state index contributed by atoms with van der Waals surface area (Å²) in [5.41, 5.74) is 3.13. The molecule has 0 saturated carbocycles. The molecule has 0 aromatic heterocycles. The molecule has 2 amide bonds. The number of hydrogen-bond acceptors (Lipinski definition) is 3. The second kappa shape index (κ2) is 7.43. The zero-order valence-electron chi connectivity index (χ0n) is 13.2. The van der Waals surface area contributed by atoms with E-state index in [0.29, 0.717) is 0 Å². The molecule has 1 aromatic rings. The Labute approximate surface area is 126 Å². The first-order valence-corrected chi connectivity index (χ1v) is 7.45. The molecule has 0 radical (unpaired) electrons. The number of ether oxygens (including phenoxy) is 1. The van der Waals surface area contributed by atoms with Crippen molar-refractivity contribution in [3.63, 3.8) is 0 Å². The summed E-state index contributed by atoms with van der Waals surface area (Å²) in [4.78, 5) is 16.6. The van der Waals surface area contributed by atoms with Crippen LogP contribution in [0.15, 0.2) is 18.2 Å². The molecule has 1 N–H and O–H groups in total. The third-order valence-electron chi connectivity index (χ3n) is 3.98. The summed E-state index contributed by atoms with van der Waals surface area (Å²) in [7, 11) is 1.72. The van der Waals surface area contributed by atoms with Crippen LogP contribution in [0.2, 0.25) is 0 Å². The zero-order valence-corrected chi connectivity index (χ0v) is 13.2. The number of anilines is 1. The molecular weight excluding hydrogens is 266 g/mol. The Balaban J connectivity index is 1.88. The molecule has 5 heteroatoms. The van der Waals surface area contributed by atoms with E-state index in [-0.39, 0.29) is 6.03 Å². The fraction of sp³-hybridized carbons (Fsp3) is 0.562. The Morgan fingerprint density at radius 2 is 1.81 bits per heavy atom. The van der Waals surface area contributed by atoms with Crippen LogP contribution in [-0.2, 0) is 4.74 Å². The molecule has 2 rings (SSSR count). The number of methoxy groups -OCH3 is 1. The average molecular weight is 291 g/mol. The number of piperazine rings is 1. The van der Waals surface area contributed by atoms with Crippen molar-refractivity contribution in [3.05, 3.63) is 29.3 Å². The van der Waals surface area contributed by atoms with Crippen molar-refractivity contribution >= 4 is 11.7 Å². The minimum absolute atomic E-state index is 0.00112. The molecule has 0 bridgehead atoms. The fourth-order valence-electron chi connectivity index (χ4n) is 2.59. The van der Waals surface area contributed by atoms with Gasteiger partial charge < -0.3 is 15.0 Å². The van der Waals surface area contributed by atoms with Crippen LogP contribution < -0.4 is 5.32 Å². The lowest BCUT2D eigenvalue weighted by molar-refractivity contribution is 0.109. The first-order valence-electron chi connectivity index (χ1n) is 7.45. The second-order valence-corrected chi connectivity index (χ2v) is 5.52. The van der Waals surface area contributed by atoms with E-state index in [1.165, 1.54) is 0 Å². The van der Waals surface area contributed by atoms with Gasteiger partial charge in [0.2, 0.25) is 0 Å². The van der Waals surface area contributed by atoms with Crippen molar-refractivity contribution in [1.82, 2.24) is 9.80 Å². The van der Waals surface area contributed by atoms with Gasteiger partial charge in [-0.15, -0.1) is 0 Å². The van der Waals surface area contributed by atoms with Gasteiger partial charge in [0.25, 0.3) is 0 Å². The van der Waals surface area contributed by atoms with Gasteiger partial charge in [0.1, 0.15) is 0 Å². The standard InChI is InChI=1S/C16H25N3O2/c1-13-5-4-6-14(2)15(13)17-16(20)19-9-7-18(8-10-19)11-12-21-3/h4-6H,7-12H2,1-3H3,(H,17,20). The number of carbonyl (C=O) groups is 1. The zero-order chi connectivity index (χ0) is 15.2. The highest BCUT2D eigenvalue weighted by atomic mass is 16.5. The number of para-hydroxylation sites is 1. The summed E-state index contributed by atoms with van der Waals surface area (Å²) in [6, 6.07) is 6.05. The number of hydrogen-bond donors (Lipinski definition) is 1. The second-order valence-electron chi connectivity index (χ2n) is 5.52. The molecule has 21 heavy (non-hydrogen) atoms. The molecular formula is C16H25N3O2. The lowest BCUT2D eigenvalue weighted by Gasteiger charge is -2.34. The van der Waals surface area contributed by atoms with Crippen LogP contribution in [0.5, 0.6) is 0 Å². The Kier molecular flexibility index (Phi) is 5.59. The van der Waals surface area contributed by atoms with E-state index < -0.39 is 0 Å². The van der Waals surface area contributed by atoms with Crippen LogP contribution in [0, 0.1) is 13.8 Å². The molecule has 1 saturated heterocycles. The molecule has 1 heterocycles. The van der Waals surface area contributed by atoms with Crippen molar-refractivity contribution in [2.75, 3.05) is 51.8 Å². The number of amides is 2. The summed E-state index contributed by atoms with van der Waals surface area (Å²) in [6.45, 7) is 9.06.